The normalized spacial score (nSPS) is 10.3. The molecule has 0 aromatic heterocycles. The molecule has 1 rings (SSSR count). The van der Waals surface area contributed by atoms with E-state index in [1.54, 1.807) is 0 Å². The smallest absolute Gasteiger partial charge is 0.166 e. The molecule has 16 heavy (non-hydrogen) atoms. The number of ketones is 1. The maximum Gasteiger partial charge on any atom is 0.166 e. The van der Waals surface area contributed by atoms with E-state index in [0.29, 0.717) is 13.0 Å². The van der Waals surface area contributed by atoms with Crippen LogP contribution in [0.1, 0.15) is 27.9 Å². The van der Waals surface area contributed by atoms with Gasteiger partial charge in [-0.3, -0.25) is 4.79 Å². The molecule has 0 aliphatic carbocycles. The Balaban J connectivity index is 3.24. The Morgan fingerprint density at radius 3 is 2.31 bits per heavy atom. The SMILES string of the molecule is Cc1cc(C(=O)CCN)c(N(C)C)cc1C. The van der Waals surface area contributed by atoms with Crippen LogP contribution in [0.15, 0.2) is 12.1 Å². The van der Waals surface area contributed by atoms with Gasteiger partial charge in [-0.25, -0.2) is 0 Å². The molecule has 0 saturated heterocycles. The zero-order valence-electron chi connectivity index (χ0n) is 10.5. The van der Waals surface area contributed by atoms with E-state index in [1.807, 2.05) is 32.0 Å². The summed E-state index contributed by atoms with van der Waals surface area (Å²) in [6.45, 7) is 4.48. The van der Waals surface area contributed by atoms with Crippen molar-refractivity contribution in [1.29, 1.82) is 0 Å². The topological polar surface area (TPSA) is 46.3 Å². The molecule has 0 saturated carbocycles. The second kappa shape index (κ2) is 5.12. The molecular formula is C13H20N2O. The highest BCUT2D eigenvalue weighted by Crippen LogP contribution is 2.24. The fourth-order valence-corrected chi connectivity index (χ4v) is 1.66. The van der Waals surface area contributed by atoms with Crippen molar-refractivity contribution in [3.8, 4) is 0 Å². The summed E-state index contributed by atoms with van der Waals surface area (Å²) in [5.41, 5.74) is 9.52. The number of rotatable bonds is 4. The maximum atomic E-state index is 11.9. The summed E-state index contributed by atoms with van der Waals surface area (Å²) in [5, 5.41) is 0. The minimum absolute atomic E-state index is 0.120. The fraction of sp³-hybridized carbons (Fsp3) is 0.462. The molecule has 0 aliphatic heterocycles. The number of aryl methyl sites for hydroxylation is 2. The molecule has 0 aliphatic rings. The highest BCUT2D eigenvalue weighted by Gasteiger charge is 2.13. The van der Waals surface area contributed by atoms with Crippen molar-refractivity contribution < 1.29 is 4.79 Å². The highest BCUT2D eigenvalue weighted by molar-refractivity contribution is 6.01. The number of hydrogen-bond acceptors (Lipinski definition) is 3. The Kier molecular flexibility index (Phi) is 4.07. The molecule has 1 aromatic carbocycles. The molecule has 0 bridgehead atoms. The van der Waals surface area contributed by atoms with Crippen LogP contribution in [-0.4, -0.2) is 26.4 Å². The summed E-state index contributed by atoms with van der Waals surface area (Å²) >= 11 is 0. The largest absolute Gasteiger partial charge is 0.377 e. The molecule has 0 atom stereocenters. The summed E-state index contributed by atoms with van der Waals surface area (Å²) in [6.07, 6.45) is 0.406. The van der Waals surface area contributed by atoms with Crippen LogP contribution in [0.3, 0.4) is 0 Å². The van der Waals surface area contributed by atoms with Crippen LogP contribution in [0.25, 0.3) is 0 Å². The van der Waals surface area contributed by atoms with Crippen molar-refractivity contribution in [1.82, 2.24) is 0 Å². The molecule has 0 heterocycles. The lowest BCUT2D eigenvalue weighted by Gasteiger charge is -2.18. The zero-order valence-corrected chi connectivity index (χ0v) is 10.5. The van der Waals surface area contributed by atoms with Crippen molar-refractivity contribution >= 4 is 11.5 Å². The van der Waals surface area contributed by atoms with E-state index < -0.39 is 0 Å². The van der Waals surface area contributed by atoms with Gasteiger partial charge in [-0.05, 0) is 43.7 Å². The predicted octanol–water partition coefficient (Wildman–Crippen LogP) is 1.90. The van der Waals surface area contributed by atoms with E-state index in [9.17, 15) is 4.79 Å². The summed E-state index contributed by atoms with van der Waals surface area (Å²) in [5.74, 6) is 0.120. The summed E-state index contributed by atoms with van der Waals surface area (Å²) in [7, 11) is 3.90. The standard InChI is InChI=1S/C13H20N2O/c1-9-7-11(13(16)5-6-14)12(15(3)4)8-10(9)2/h7-8H,5-6,14H2,1-4H3. The van der Waals surface area contributed by atoms with Gasteiger partial charge >= 0.3 is 0 Å². The van der Waals surface area contributed by atoms with E-state index in [1.165, 1.54) is 5.56 Å². The van der Waals surface area contributed by atoms with Gasteiger partial charge in [0.25, 0.3) is 0 Å². The fourth-order valence-electron chi connectivity index (χ4n) is 1.66. The predicted molar refractivity (Wildman–Crippen MR) is 68.2 cm³/mol. The average Bonchev–Trinajstić information content (AvgIpc) is 2.21. The van der Waals surface area contributed by atoms with Gasteiger partial charge in [0.2, 0.25) is 0 Å². The lowest BCUT2D eigenvalue weighted by molar-refractivity contribution is 0.0986. The van der Waals surface area contributed by atoms with E-state index in [0.717, 1.165) is 16.8 Å². The molecule has 0 unspecified atom stereocenters. The highest BCUT2D eigenvalue weighted by atomic mass is 16.1. The first-order chi connectivity index (χ1) is 7.47. The van der Waals surface area contributed by atoms with E-state index >= 15 is 0 Å². The summed E-state index contributed by atoms with van der Waals surface area (Å²) < 4.78 is 0. The van der Waals surface area contributed by atoms with Crippen LogP contribution in [0.5, 0.6) is 0 Å². The van der Waals surface area contributed by atoms with Crippen LogP contribution >= 0.6 is 0 Å². The Morgan fingerprint density at radius 1 is 1.25 bits per heavy atom. The lowest BCUT2D eigenvalue weighted by Crippen LogP contribution is -2.16. The van der Waals surface area contributed by atoms with Gasteiger partial charge in [0.05, 0.1) is 0 Å². The molecule has 3 nitrogen and oxygen atoms in total. The van der Waals surface area contributed by atoms with Gasteiger partial charge in [-0.15, -0.1) is 0 Å². The van der Waals surface area contributed by atoms with Gasteiger partial charge < -0.3 is 10.6 Å². The number of nitrogens with two attached hydrogens (primary N) is 1. The average molecular weight is 220 g/mol. The molecule has 0 radical (unpaired) electrons. The van der Waals surface area contributed by atoms with Crippen molar-refractivity contribution in [3.63, 3.8) is 0 Å². The number of carbonyl (C=O) groups is 1. The quantitative estimate of drug-likeness (QED) is 0.788. The third-order valence-electron chi connectivity index (χ3n) is 2.77. The van der Waals surface area contributed by atoms with Gasteiger partial charge in [-0.1, -0.05) is 0 Å². The summed E-state index contributed by atoms with van der Waals surface area (Å²) in [4.78, 5) is 13.9. The zero-order chi connectivity index (χ0) is 12.3. The second-order valence-electron chi connectivity index (χ2n) is 4.31. The lowest BCUT2D eigenvalue weighted by atomic mass is 9.99. The van der Waals surface area contributed by atoms with Crippen LogP contribution < -0.4 is 10.6 Å². The number of hydrogen-bond donors (Lipinski definition) is 1. The summed E-state index contributed by atoms with van der Waals surface area (Å²) in [6, 6.07) is 4.02. The van der Waals surface area contributed by atoms with E-state index in [-0.39, 0.29) is 5.78 Å². The third-order valence-corrected chi connectivity index (χ3v) is 2.77. The first-order valence-corrected chi connectivity index (χ1v) is 5.49. The van der Waals surface area contributed by atoms with Crippen LogP contribution in [0, 0.1) is 13.8 Å². The maximum absolute atomic E-state index is 11.9. The van der Waals surface area contributed by atoms with Crippen molar-refractivity contribution in [2.45, 2.75) is 20.3 Å². The number of nitrogens with zero attached hydrogens (tertiary/aromatic N) is 1. The monoisotopic (exact) mass is 220 g/mol. The van der Waals surface area contributed by atoms with Crippen molar-refractivity contribution in [3.05, 3.63) is 28.8 Å². The first-order valence-electron chi connectivity index (χ1n) is 5.49. The molecule has 3 heteroatoms. The molecule has 0 amide bonds. The second-order valence-corrected chi connectivity index (χ2v) is 4.31. The number of anilines is 1. The van der Waals surface area contributed by atoms with Gasteiger partial charge in [0.15, 0.2) is 5.78 Å². The number of Topliss-reactive ketones (excluding diaryl/α,β-unsaturated/α-hetero) is 1. The molecule has 0 spiro atoms. The Morgan fingerprint density at radius 2 is 1.81 bits per heavy atom. The van der Waals surface area contributed by atoms with E-state index in [4.69, 9.17) is 5.73 Å². The first kappa shape index (κ1) is 12.7. The number of carbonyl (C=O) groups excluding carboxylic acids is 1. The van der Waals surface area contributed by atoms with E-state index in [2.05, 4.69) is 13.0 Å². The molecule has 0 fully saturated rings. The molecule has 1 aromatic rings. The van der Waals surface area contributed by atoms with Crippen LogP contribution in [0.2, 0.25) is 0 Å². The molecular weight excluding hydrogens is 200 g/mol. The molecule has 2 N–H and O–H groups in total. The Bertz CT molecular complexity index is 397. The Hall–Kier alpha value is -1.35. The minimum atomic E-state index is 0.120. The van der Waals surface area contributed by atoms with Gasteiger partial charge in [0.1, 0.15) is 0 Å². The van der Waals surface area contributed by atoms with Crippen molar-refractivity contribution in [2.75, 3.05) is 25.5 Å². The van der Waals surface area contributed by atoms with Gasteiger partial charge in [0, 0.05) is 31.8 Å². The number of benzene rings is 1. The molecule has 88 valence electrons. The Labute approximate surface area is 97.2 Å². The minimum Gasteiger partial charge on any atom is -0.377 e. The van der Waals surface area contributed by atoms with Crippen molar-refractivity contribution in [2.24, 2.45) is 5.73 Å². The van der Waals surface area contributed by atoms with Crippen LogP contribution in [-0.2, 0) is 0 Å². The van der Waals surface area contributed by atoms with Crippen LogP contribution in [0.4, 0.5) is 5.69 Å². The third kappa shape index (κ3) is 2.61. The van der Waals surface area contributed by atoms with Gasteiger partial charge in [-0.2, -0.15) is 0 Å².